The molecule has 1 atom stereocenters. The van der Waals surface area contributed by atoms with Crippen LogP contribution in [0.15, 0.2) is 48.0 Å². The van der Waals surface area contributed by atoms with E-state index in [0.29, 0.717) is 54.7 Å². The Bertz CT molecular complexity index is 1160. The molecular weight excluding hydrogens is 484 g/mol. The smallest absolute Gasteiger partial charge is 0.295 e. The van der Waals surface area contributed by atoms with E-state index in [1.165, 1.54) is 0 Å². The Morgan fingerprint density at radius 3 is 2.32 bits per heavy atom. The van der Waals surface area contributed by atoms with Crippen molar-refractivity contribution in [3.8, 4) is 17.2 Å². The first-order valence-corrected chi connectivity index (χ1v) is 13.4. The molecule has 1 unspecified atom stereocenters. The van der Waals surface area contributed by atoms with Gasteiger partial charge >= 0.3 is 0 Å². The van der Waals surface area contributed by atoms with Crippen LogP contribution in [0.4, 0.5) is 0 Å². The van der Waals surface area contributed by atoms with Crippen molar-refractivity contribution in [1.82, 2.24) is 9.80 Å². The van der Waals surface area contributed by atoms with Gasteiger partial charge in [0.25, 0.3) is 11.7 Å². The first-order chi connectivity index (χ1) is 18.2. The second kappa shape index (κ2) is 13.3. The summed E-state index contributed by atoms with van der Waals surface area (Å²) in [5.41, 5.74) is 1.05. The molecule has 38 heavy (non-hydrogen) atoms. The topological polar surface area (TPSA) is 88.5 Å². The van der Waals surface area contributed by atoms with E-state index in [1.807, 2.05) is 52.0 Å². The van der Waals surface area contributed by atoms with Gasteiger partial charge in [0.2, 0.25) is 0 Å². The molecule has 0 radical (unpaired) electrons. The molecule has 2 aromatic rings. The molecule has 1 saturated heterocycles. The van der Waals surface area contributed by atoms with E-state index < -0.39 is 17.7 Å². The lowest BCUT2D eigenvalue weighted by molar-refractivity contribution is -0.140. The predicted octanol–water partition coefficient (Wildman–Crippen LogP) is 5.03. The molecular formula is C30H40N2O6. The normalized spacial score (nSPS) is 16.9. The molecule has 8 nitrogen and oxygen atoms in total. The Morgan fingerprint density at radius 2 is 1.68 bits per heavy atom. The second-order valence-electron chi connectivity index (χ2n) is 9.28. The van der Waals surface area contributed by atoms with Gasteiger partial charge in [0, 0.05) is 19.2 Å². The van der Waals surface area contributed by atoms with Crippen molar-refractivity contribution >= 4 is 17.4 Å². The number of ether oxygens (including phenoxy) is 3. The monoisotopic (exact) mass is 524 g/mol. The van der Waals surface area contributed by atoms with Gasteiger partial charge in [-0.1, -0.05) is 26.0 Å². The summed E-state index contributed by atoms with van der Waals surface area (Å²) < 4.78 is 17.3. The maximum absolute atomic E-state index is 13.5. The van der Waals surface area contributed by atoms with Crippen molar-refractivity contribution < 1.29 is 28.9 Å². The lowest BCUT2D eigenvalue weighted by atomic mass is 9.94. The molecule has 0 saturated carbocycles. The third-order valence-corrected chi connectivity index (χ3v) is 6.46. The minimum Gasteiger partial charge on any atom is -0.507 e. The molecule has 1 fully saturated rings. The fourth-order valence-electron chi connectivity index (χ4n) is 4.65. The quantitative estimate of drug-likeness (QED) is 0.223. The summed E-state index contributed by atoms with van der Waals surface area (Å²) >= 11 is 0. The highest BCUT2D eigenvalue weighted by atomic mass is 16.5. The summed E-state index contributed by atoms with van der Waals surface area (Å²) in [4.78, 5) is 30.6. The average Bonchev–Trinajstić information content (AvgIpc) is 3.14. The van der Waals surface area contributed by atoms with Crippen molar-refractivity contribution in [2.45, 2.75) is 53.7 Å². The number of aliphatic hydroxyl groups excluding tert-OH is 1. The third-order valence-electron chi connectivity index (χ3n) is 6.46. The van der Waals surface area contributed by atoms with E-state index in [-0.39, 0.29) is 17.4 Å². The average molecular weight is 525 g/mol. The number of hydrogen-bond donors (Lipinski definition) is 1. The first-order valence-electron chi connectivity index (χ1n) is 13.4. The molecule has 0 bridgehead atoms. The molecule has 8 heteroatoms. The molecule has 1 heterocycles. The zero-order valence-electron chi connectivity index (χ0n) is 23.3. The summed E-state index contributed by atoms with van der Waals surface area (Å²) in [7, 11) is 0. The molecule has 1 aliphatic rings. The molecule has 1 N–H and O–H groups in total. The number of carbonyl (C=O) groups is 2. The summed E-state index contributed by atoms with van der Waals surface area (Å²) in [5.74, 6) is -0.0483. The van der Waals surface area contributed by atoms with Crippen molar-refractivity contribution in [3.05, 3.63) is 59.2 Å². The molecule has 0 aliphatic carbocycles. The SMILES string of the molecule is CCOc1ccc(/C(O)=C2\C(=O)C(=O)N(CCN(CC)CC)C2c2cccc(OC(C)C)c2)c(OCC)c1. The number of aliphatic hydroxyl groups is 1. The van der Waals surface area contributed by atoms with Gasteiger partial charge in [-0.25, -0.2) is 0 Å². The summed E-state index contributed by atoms with van der Waals surface area (Å²) in [5, 5.41) is 11.6. The number of Topliss-reactive ketones (excluding diaryl/α,β-unsaturated/α-hetero) is 1. The van der Waals surface area contributed by atoms with Gasteiger partial charge in [0.05, 0.1) is 36.5 Å². The zero-order chi connectivity index (χ0) is 27.8. The van der Waals surface area contributed by atoms with Crippen LogP contribution in [-0.2, 0) is 9.59 Å². The maximum atomic E-state index is 13.5. The van der Waals surface area contributed by atoms with E-state index in [1.54, 1.807) is 23.1 Å². The van der Waals surface area contributed by atoms with Gasteiger partial charge in [-0.2, -0.15) is 0 Å². The largest absolute Gasteiger partial charge is 0.507 e. The Hall–Kier alpha value is -3.52. The zero-order valence-corrected chi connectivity index (χ0v) is 23.3. The lowest BCUT2D eigenvalue weighted by Gasteiger charge is -2.28. The van der Waals surface area contributed by atoms with E-state index >= 15 is 0 Å². The first kappa shape index (κ1) is 29.0. The Kier molecular flexibility index (Phi) is 10.2. The summed E-state index contributed by atoms with van der Waals surface area (Å²) in [6.45, 7) is 15.1. The lowest BCUT2D eigenvalue weighted by Crippen LogP contribution is -2.38. The van der Waals surface area contributed by atoms with Crippen LogP contribution in [0.2, 0.25) is 0 Å². The number of nitrogens with zero attached hydrogens (tertiary/aromatic N) is 2. The second-order valence-corrected chi connectivity index (χ2v) is 9.28. The number of likely N-dealkylation sites (tertiary alicyclic amines) is 1. The van der Waals surface area contributed by atoms with Crippen LogP contribution in [0, 0.1) is 0 Å². The fraction of sp³-hybridized carbons (Fsp3) is 0.467. The van der Waals surface area contributed by atoms with Gasteiger partial charge in [-0.3, -0.25) is 9.59 Å². The fourth-order valence-corrected chi connectivity index (χ4v) is 4.65. The standard InChI is InChI=1S/C30H40N2O6/c1-7-31(8-2)16-17-32-27(21-12-11-13-23(18-21)38-20(5)6)26(29(34)30(32)35)28(33)24-15-14-22(36-9-3)19-25(24)37-10-4/h11-15,18-20,27,33H,7-10,16-17H2,1-6H3/b28-26+. The van der Waals surface area contributed by atoms with Crippen molar-refractivity contribution in [3.63, 3.8) is 0 Å². The molecule has 3 rings (SSSR count). The maximum Gasteiger partial charge on any atom is 0.295 e. The number of ketones is 1. The number of hydrogen-bond acceptors (Lipinski definition) is 7. The van der Waals surface area contributed by atoms with E-state index in [0.717, 1.165) is 13.1 Å². The molecule has 0 spiro atoms. The number of amides is 1. The minimum absolute atomic E-state index is 0.0290. The summed E-state index contributed by atoms with van der Waals surface area (Å²) in [6.07, 6.45) is -0.0446. The molecule has 206 valence electrons. The molecule has 1 amide bonds. The van der Waals surface area contributed by atoms with E-state index in [4.69, 9.17) is 14.2 Å². The number of rotatable bonds is 13. The Morgan fingerprint density at radius 1 is 0.974 bits per heavy atom. The molecule has 2 aromatic carbocycles. The van der Waals surface area contributed by atoms with Gasteiger partial charge < -0.3 is 29.1 Å². The molecule has 1 aliphatic heterocycles. The van der Waals surface area contributed by atoms with Crippen LogP contribution in [0.5, 0.6) is 17.2 Å². The van der Waals surface area contributed by atoms with Crippen LogP contribution in [0.25, 0.3) is 5.76 Å². The number of carbonyl (C=O) groups excluding carboxylic acids is 2. The van der Waals surface area contributed by atoms with Crippen LogP contribution in [-0.4, -0.2) is 72.1 Å². The highest BCUT2D eigenvalue weighted by Crippen LogP contribution is 2.42. The highest BCUT2D eigenvalue weighted by Gasteiger charge is 2.46. The van der Waals surface area contributed by atoms with Crippen molar-refractivity contribution in [2.75, 3.05) is 39.4 Å². The van der Waals surface area contributed by atoms with Crippen LogP contribution >= 0.6 is 0 Å². The van der Waals surface area contributed by atoms with Gasteiger partial charge in [-0.15, -0.1) is 0 Å². The van der Waals surface area contributed by atoms with Crippen LogP contribution in [0.1, 0.15) is 58.7 Å². The van der Waals surface area contributed by atoms with Crippen LogP contribution in [0.3, 0.4) is 0 Å². The highest BCUT2D eigenvalue weighted by molar-refractivity contribution is 6.46. The van der Waals surface area contributed by atoms with E-state index in [2.05, 4.69) is 18.7 Å². The number of benzene rings is 2. The summed E-state index contributed by atoms with van der Waals surface area (Å²) in [6, 6.07) is 11.6. The van der Waals surface area contributed by atoms with Crippen LogP contribution < -0.4 is 14.2 Å². The molecule has 0 aromatic heterocycles. The van der Waals surface area contributed by atoms with Crippen molar-refractivity contribution in [1.29, 1.82) is 0 Å². The van der Waals surface area contributed by atoms with Crippen molar-refractivity contribution in [2.24, 2.45) is 0 Å². The van der Waals surface area contributed by atoms with E-state index in [9.17, 15) is 14.7 Å². The Labute approximate surface area is 225 Å². The van der Waals surface area contributed by atoms with Gasteiger partial charge in [0.15, 0.2) is 0 Å². The van der Waals surface area contributed by atoms with Gasteiger partial charge in [0.1, 0.15) is 23.0 Å². The third kappa shape index (κ3) is 6.48. The van der Waals surface area contributed by atoms with Gasteiger partial charge in [-0.05, 0) is 70.6 Å². The Balaban J connectivity index is 2.17. The number of likely N-dealkylation sites (N-methyl/N-ethyl adjacent to an activating group) is 1. The predicted molar refractivity (Wildman–Crippen MR) is 148 cm³/mol. The minimum atomic E-state index is -0.776.